The fourth-order valence-electron chi connectivity index (χ4n) is 2.75. The second-order valence-electron chi connectivity index (χ2n) is 5.47. The molecule has 0 aliphatic heterocycles. The van der Waals surface area contributed by atoms with E-state index in [0.29, 0.717) is 0 Å². The summed E-state index contributed by atoms with van der Waals surface area (Å²) < 4.78 is 5.21. The van der Waals surface area contributed by atoms with Gasteiger partial charge in [-0.3, -0.25) is 0 Å². The third-order valence-corrected chi connectivity index (χ3v) is 4.06. The third-order valence-electron chi connectivity index (χ3n) is 4.06. The average molecular weight is 280 g/mol. The van der Waals surface area contributed by atoms with Gasteiger partial charge < -0.3 is 9.84 Å². The lowest BCUT2D eigenvalue weighted by molar-refractivity contribution is 0.391. The highest BCUT2D eigenvalue weighted by molar-refractivity contribution is 5.86. The molecule has 0 saturated heterocycles. The van der Waals surface area contributed by atoms with Crippen LogP contribution >= 0.6 is 0 Å². The van der Waals surface area contributed by atoms with Crippen molar-refractivity contribution in [2.75, 3.05) is 0 Å². The predicted molar refractivity (Wildman–Crippen MR) is 85.2 cm³/mol. The summed E-state index contributed by atoms with van der Waals surface area (Å²) in [5.41, 5.74) is 3.44. The summed E-state index contributed by atoms with van der Waals surface area (Å²) in [5, 5.41) is 10.2. The van der Waals surface area contributed by atoms with Crippen LogP contribution in [0.4, 0.5) is 0 Å². The van der Waals surface area contributed by atoms with Crippen molar-refractivity contribution >= 4 is 10.8 Å². The van der Waals surface area contributed by atoms with Crippen LogP contribution in [-0.2, 0) is 6.54 Å². The van der Waals surface area contributed by atoms with Crippen molar-refractivity contribution < 1.29 is 4.52 Å². The second kappa shape index (κ2) is 5.70. The number of rotatable bonds is 4. The molecule has 2 aromatic carbocycles. The largest absolute Gasteiger partial charge is 0.361 e. The predicted octanol–water partition coefficient (Wildman–Crippen LogP) is 4.30. The molecule has 3 aromatic rings. The Kier molecular flexibility index (Phi) is 3.76. The Hall–Kier alpha value is -2.13. The molecule has 3 heteroatoms. The van der Waals surface area contributed by atoms with Gasteiger partial charge in [0, 0.05) is 18.2 Å². The van der Waals surface area contributed by atoms with Gasteiger partial charge in [-0.05, 0) is 37.1 Å². The summed E-state index contributed by atoms with van der Waals surface area (Å²) in [6.45, 7) is 6.90. The highest BCUT2D eigenvalue weighted by atomic mass is 16.5. The normalized spacial score (nSPS) is 12.7. The zero-order valence-electron chi connectivity index (χ0n) is 12.7. The molecule has 0 fully saturated rings. The molecule has 1 atom stereocenters. The molecule has 0 radical (unpaired) electrons. The smallest absolute Gasteiger partial charge is 0.138 e. The minimum Gasteiger partial charge on any atom is -0.361 e. The Bertz CT molecular complexity index is 736. The van der Waals surface area contributed by atoms with Crippen LogP contribution in [0.3, 0.4) is 0 Å². The van der Waals surface area contributed by atoms with Gasteiger partial charge in [0.15, 0.2) is 0 Å². The molecule has 0 spiro atoms. The van der Waals surface area contributed by atoms with E-state index >= 15 is 0 Å². The van der Waals surface area contributed by atoms with Crippen molar-refractivity contribution in [2.24, 2.45) is 0 Å². The zero-order valence-corrected chi connectivity index (χ0v) is 12.7. The van der Waals surface area contributed by atoms with Crippen LogP contribution in [0.25, 0.3) is 10.8 Å². The lowest BCUT2D eigenvalue weighted by Crippen LogP contribution is -2.19. The number of nitrogens with one attached hydrogen (secondary N) is 1. The standard InChI is InChI=1S/C18H20N2O/c1-12(19-11-18-13(2)20-21-14(18)3)16-10-6-8-15-7-4-5-9-17(15)16/h4-10,12,19H,11H2,1-3H3/t12-/m1/s1. The molecule has 21 heavy (non-hydrogen) atoms. The first kappa shape index (κ1) is 13.8. The van der Waals surface area contributed by atoms with E-state index < -0.39 is 0 Å². The average Bonchev–Trinajstić information content (AvgIpc) is 2.83. The molecule has 0 unspecified atom stereocenters. The van der Waals surface area contributed by atoms with Crippen molar-refractivity contribution in [2.45, 2.75) is 33.4 Å². The summed E-state index contributed by atoms with van der Waals surface area (Å²) in [4.78, 5) is 0. The van der Waals surface area contributed by atoms with Gasteiger partial charge in [-0.2, -0.15) is 0 Å². The summed E-state index contributed by atoms with van der Waals surface area (Å²) >= 11 is 0. The van der Waals surface area contributed by atoms with Gasteiger partial charge >= 0.3 is 0 Å². The summed E-state index contributed by atoms with van der Waals surface area (Å²) in [6.07, 6.45) is 0. The monoisotopic (exact) mass is 280 g/mol. The number of fused-ring (bicyclic) bond motifs is 1. The van der Waals surface area contributed by atoms with Gasteiger partial charge in [0.2, 0.25) is 0 Å². The van der Waals surface area contributed by atoms with E-state index in [9.17, 15) is 0 Å². The van der Waals surface area contributed by atoms with Crippen LogP contribution in [0.2, 0.25) is 0 Å². The Morgan fingerprint density at radius 1 is 1.10 bits per heavy atom. The van der Waals surface area contributed by atoms with Crippen LogP contribution in [-0.4, -0.2) is 5.16 Å². The van der Waals surface area contributed by atoms with Gasteiger partial charge in [0.25, 0.3) is 0 Å². The summed E-state index contributed by atoms with van der Waals surface area (Å²) in [6, 6.07) is 15.2. The minimum atomic E-state index is 0.268. The fraction of sp³-hybridized carbons (Fsp3) is 0.278. The molecule has 0 saturated carbocycles. The number of nitrogens with zero attached hydrogens (tertiary/aromatic N) is 1. The second-order valence-corrected chi connectivity index (χ2v) is 5.47. The van der Waals surface area contributed by atoms with E-state index in [-0.39, 0.29) is 6.04 Å². The van der Waals surface area contributed by atoms with Crippen molar-refractivity contribution in [1.29, 1.82) is 0 Å². The fourth-order valence-corrected chi connectivity index (χ4v) is 2.75. The Balaban J connectivity index is 1.83. The van der Waals surface area contributed by atoms with Crippen molar-refractivity contribution in [3.63, 3.8) is 0 Å². The first-order valence-electron chi connectivity index (χ1n) is 7.29. The van der Waals surface area contributed by atoms with Gasteiger partial charge in [0.1, 0.15) is 5.76 Å². The Morgan fingerprint density at radius 3 is 2.62 bits per heavy atom. The lowest BCUT2D eigenvalue weighted by Gasteiger charge is -2.16. The number of aromatic nitrogens is 1. The highest BCUT2D eigenvalue weighted by Gasteiger charge is 2.12. The maximum Gasteiger partial charge on any atom is 0.138 e. The quantitative estimate of drug-likeness (QED) is 0.774. The van der Waals surface area contributed by atoms with E-state index in [1.807, 2.05) is 13.8 Å². The highest BCUT2D eigenvalue weighted by Crippen LogP contribution is 2.24. The molecule has 3 rings (SSSR count). The van der Waals surface area contributed by atoms with Crippen molar-refractivity contribution in [1.82, 2.24) is 10.5 Å². The SMILES string of the molecule is Cc1noc(C)c1CN[C@H](C)c1cccc2ccccc12. The molecule has 0 amide bonds. The van der Waals surface area contributed by atoms with Crippen LogP contribution in [0.5, 0.6) is 0 Å². The topological polar surface area (TPSA) is 38.1 Å². The molecule has 3 nitrogen and oxygen atoms in total. The molecule has 1 aromatic heterocycles. The van der Waals surface area contributed by atoms with Gasteiger partial charge in [0.05, 0.1) is 5.69 Å². The number of hydrogen-bond acceptors (Lipinski definition) is 3. The molecule has 0 bridgehead atoms. The Labute approximate surface area is 125 Å². The first-order valence-corrected chi connectivity index (χ1v) is 7.29. The maximum atomic E-state index is 5.21. The minimum absolute atomic E-state index is 0.268. The number of benzene rings is 2. The van der Waals surface area contributed by atoms with Crippen LogP contribution < -0.4 is 5.32 Å². The van der Waals surface area contributed by atoms with Crippen molar-refractivity contribution in [3.05, 3.63) is 65.0 Å². The maximum absolute atomic E-state index is 5.21. The number of aryl methyl sites for hydroxylation is 2. The molecule has 0 aliphatic rings. The molecule has 108 valence electrons. The van der Waals surface area contributed by atoms with E-state index in [1.54, 1.807) is 0 Å². The van der Waals surface area contributed by atoms with E-state index in [4.69, 9.17) is 4.52 Å². The van der Waals surface area contributed by atoms with E-state index in [1.165, 1.54) is 16.3 Å². The Morgan fingerprint density at radius 2 is 1.86 bits per heavy atom. The van der Waals surface area contributed by atoms with Crippen LogP contribution in [0, 0.1) is 13.8 Å². The lowest BCUT2D eigenvalue weighted by atomic mass is 9.99. The molecular weight excluding hydrogens is 260 g/mol. The van der Waals surface area contributed by atoms with E-state index in [2.05, 4.69) is 59.9 Å². The molecule has 0 aliphatic carbocycles. The van der Waals surface area contributed by atoms with E-state index in [0.717, 1.165) is 23.6 Å². The third kappa shape index (κ3) is 2.69. The summed E-state index contributed by atoms with van der Waals surface area (Å²) in [7, 11) is 0. The molecule has 1 heterocycles. The molecular formula is C18H20N2O. The number of hydrogen-bond donors (Lipinski definition) is 1. The molecule has 1 N–H and O–H groups in total. The van der Waals surface area contributed by atoms with Crippen LogP contribution in [0.1, 0.15) is 35.5 Å². The zero-order chi connectivity index (χ0) is 14.8. The van der Waals surface area contributed by atoms with Crippen LogP contribution in [0.15, 0.2) is 47.0 Å². The van der Waals surface area contributed by atoms with Crippen molar-refractivity contribution in [3.8, 4) is 0 Å². The summed E-state index contributed by atoms with van der Waals surface area (Å²) in [5.74, 6) is 0.894. The van der Waals surface area contributed by atoms with Gasteiger partial charge in [-0.1, -0.05) is 47.6 Å². The van der Waals surface area contributed by atoms with Gasteiger partial charge in [-0.25, -0.2) is 0 Å². The van der Waals surface area contributed by atoms with Gasteiger partial charge in [-0.15, -0.1) is 0 Å². The first-order chi connectivity index (χ1) is 10.2.